The summed E-state index contributed by atoms with van der Waals surface area (Å²) >= 11 is 0. The lowest BCUT2D eigenvalue weighted by Gasteiger charge is -2.34. The van der Waals surface area contributed by atoms with E-state index in [1.165, 1.54) is 0 Å². The number of nitro groups is 1. The van der Waals surface area contributed by atoms with Crippen LogP contribution in [0.25, 0.3) is 0 Å². The van der Waals surface area contributed by atoms with Crippen LogP contribution in [0, 0.1) is 17.0 Å². The molecule has 1 aromatic carbocycles. The molecule has 0 bridgehead atoms. The molecule has 0 saturated carbocycles. The van der Waals surface area contributed by atoms with E-state index in [1.54, 1.807) is 31.1 Å². The lowest BCUT2D eigenvalue weighted by molar-refractivity contribution is -0.385. The number of carbonyl (C=O) groups is 1. The van der Waals surface area contributed by atoms with E-state index < -0.39 is 0 Å². The molecule has 1 saturated heterocycles. The number of piperazine rings is 1. The molecule has 22 heavy (non-hydrogen) atoms. The van der Waals surface area contributed by atoms with Gasteiger partial charge in [0, 0.05) is 44.9 Å². The third-order valence-electron chi connectivity index (χ3n) is 3.84. The first-order valence-electron chi connectivity index (χ1n) is 7.24. The van der Waals surface area contributed by atoms with Crippen molar-refractivity contribution in [2.45, 2.75) is 13.5 Å². The van der Waals surface area contributed by atoms with E-state index >= 15 is 0 Å². The summed E-state index contributed by atoms with van der Waals surface area (Å²) in [6.07, 6.45) is 0. The Morgan fingerprint density at radius 3 is 2.77 bits per heavy atom. The molecule has 0 aromatic heterocycles. The van der Waals surface area contributed by atoms with E-state index in [2.05, 4.69) is 0 Å². The number of nitrogens with zero attached hydrogens (tertiary/aromatic N) is 3. The Kier molecular flexibility index (Phi) is 5.46. The zero-order chi connectivity index (χ0) is 16.1. The van der Waals surface area contributed by atoms with Crippen molar-refractivity contribution in [2.24, 2.45) is 0 Å². The second kappa shape index (κ2) is 7.33. The summed E-state index contributed by atoms with van der Waals surface area (Å²) in [7, 11) is 1.62. The summed E-state index contributed by atoms with van der Waals surface area (Å²) in [6.45, 7) is 5.18. The number of ether oxygens (including phenoxy) is 1. The van der Waals surface area contributed by atoms with Crippen LogP contribution in [-0.4, -0.2) is 60.5 Å². The predicted molar refractivity (Wildman–Crippen MR) is 81.6 cm³/mol. The SMILES string of the molecule is COCCN1CCN(Cc2ccc(C)c([N+](=O)[O-])c2)CC1=O. The minimum Gasteiger partial charge on any atom is -0.383 e. The van der Waals surface area contributed by atoms with Gasteiger partial charge < -0.3 is 9.64 Å². The van der Waals surface area contributed by atoms with Gasteiger partial charge in [0.1, 0.15) is 0 Å². The minimum absolute atomic E-state index is 0.0740. The fourth-order valence-electron chi connectivity index (χ4n) is 2.54. The minimum atomic E-state index is -0.368. The van der Waals surface area contributed by atoms with Crippen molar-refractivity contribution in [1.82, 2.24) is 9.80 Å². The molecule has 120 valence electrons. The van der Waals surface area contributed by atoms with Crippen LogP contribution in [0.1, 0.15) is 11.1 Å². The van der Waals surface area contributed by atoms with Crippen LogP contribution in [0.4, 0.5) is 5.69 Å². The molecule has 7 heteroatoms. The topological polar surface area (TPSA) is 75.9 Å². The summed E-state index contributed by atoms with van der Waals surface area (Å²) in [5.41, 5.74) is 1.63. The van der Waals surface area contributed by atoms with Crippen molar-refractivity contribution in [3.63, 3.8) is 0 Å². The average Bonchev–Trinajstić information content (AvgIpc) is 2.48. The summed E-state index contributed by atoms with van der Waals surface area (Å²) in [4.78, 5) is 26.5. The number of benzene rings is 1. The maximum absolute atomic E-state index is 12.1. The molecule has 2 rings (SSSR count). The molecule has 1 aliphatic heterocycles. The van der Waals surface area contributed by atoms with Crippen molar-refractivity contribution < 1.29 is 14.5 Å². The first kappa shape index (κ1) is 16.4. The molecule has 1 aliphatic rings. The summed E-state index contributed by atoms with van der Waals surface area (Å²) < 4.78 is 4.99. The Hall–Kier alpha value is -1.99. The number of hydrogen-bond donors (Lipinski definition) is 0. The molecule has 0 N–H and O–H groups in total. The molecule has 0 radical (unpaired) electrons. The molecular formula is C15H21N3O4. The molecule has 0 spiro atoms. The van der Waals surface area contributed by atoms with Gasteiger partial charge in [-0.15, -0.1) is 0 Å². The third kappa shape index (κ3) is 4.02. The zero-order valence-electron chi connectivity index (χ0n) is 12.9. The molecule has 1 heterocycles. The first-order valence-corrected chi connectivity index (χ1v) is 7.24. The summed E-state index contributed by atoms with van der Waals surface area (Å²) in [6, 6.07) is 5.23. The van der Waals surface area contributed by atoms with Crippen LogP contribution in [0.5, 0.6) is 0 Å². The molecule has 0 aliphatic carbocycles. The molecule has 1 fully saturated rings. The van der Waals surface area contributed by atoms with Crippen molar-refractivity contribution >= 4 is 11.6 Å². The van der Waals surface area contributed by atoms with Gasteiger partial charge in [-0.2, -0.15) is 0 Å². The molecule has 1 aromatic rings. The second-order valence-electron chi connectivity index (χ2n) is 5.46. The number of aryl methyl sites for hydroxylation is 1. The maximum atomic E-state index is 12.1. The molecular weight excluding hydrogens is 286 g/mol. The van der Waals surface area contributed by atoms with E-state index in [0.717, 1.165) is 12.1 Å². The zero-order valence-corrected chi connectivity index (χ0v) is 12.9. The van der Waals surface area contributed by atoms with Gasteiger partial charge >= 0.3 is 0 Å². The quantitative estimate of drug-likeness (QED) is 0.583. The highest BCUT2D eigenvalue weighted by Gasteiger charge is 2.24. The first-order chi connectivity index (χ1) is 10.5. The van der Waals surface area contributed by atoms with E-state index in [-0.39, 0.29) is 16.5 Å². The summed E-state index contributed by atoms with van der Waals surface area (Å²) in [5.74, 6) is 0.0740. The lowest BCUT2D eigenvalue weighted by Crippen LogP contribution is -2.50. The Balaban J connectivity index is 1.97. The van der Waals surface area contributed by atoms with E-state index in [9.17, 15) is 14.9 Å². The summed E-state index contributed by atoms with van der Waals surface area (Å²) in [5, 5.41) is 11.0. The van der Waals surface area contributed by atoms with Gasteiger partial charge in [-0.05, 0) is 12.5 Å². The Bertz CT molecular complexity index is 562. The van der Waals surface area contributed by atoms with Gasteiger partial charge in [0.05, 0.1) is 18.1 Å². The van der Waals surface area contributed by atoms with Crippen LogP contribution in [0.3, 0.4) is 0 Å². The van der Waals surface area contributed by atoms with Gasteiger partial charge in [0.25, 0.3) is 5.69 Å². The van der Waals surface area contributed by atoms with Crippen LogP contribution in [0.2, 0.25) is 0 Å². The lowest BCUT2D eigenvalue weighted by atomic mass is 10.1. The second-order valence-corrected chi connectivity index (χ2v) is 5.46. The normalized spacial score (nSPS) is 16.1. The predicted octanol–water partition coefficient (Wildman–Crippen LogP) is 1.19. The van der Waals surface area contributed by atoms with Gasteiger partial charge in [-0.25, -0.2) is 0 Å². The standard InChI is InChI=1S/C15H21N3O4/c1-12-3-4-13(9-14(12)18(20)21)10-16-5-6-17(7-8-22-2)15(19)11-16/h3-4,9H,5-8,10-11H2,1-2H3. The Morgan fingerprint density at radius 1 is 1.36 bits per heavy atom. The maximum Gasteiger partial charge on any atom is 0.272 e. The number of amides is 1. The van der Waals surface area contributed by atoms with Crippen molar-refractivity contribution in [1.29, 1.82) is 0 Å². The fourth-order valence-corrected chi connectivity index (χ4v) is 2.54. The average molecular weight is 307 g/mol. The van der Waals surface area contributed by atoms with Crippen LogP contribution < -0.4 is 0 Å². The number of hydrogen-bond acceptors (Lipinski definition) is 5. The number of rotatable bonds is 6. The number of carbonyl (C=O) groups excluding carboxylic acids is 1. The largest absolute Gasteiger partial charge is 0.383 e. The Labute approximate surface area is 129 Å². The van der Waals surface area contributed by atoms with E-state index in [1.807, 2.05) is 11.0 Å². The smallest absolute Gasteiger partial charge is 0.272 e. The van der Waals surface area contributed by atoms with Gasteiger partial charge in [-0.3, -0.25) is 19.8 Å². The number of nitro benzene ring substituents is 1. The Morgan fingerprint density at radius 2 is 2.14 bits per heavy atom. The molecule has 0 unspecified atom stereocenters. The molecule has 0 atom stereocenters. The van der Waals surface area contributed by atoms with Crippen LogP contribution >= 0.6 is 0 Å². The molecule has 7 nitrogen and oxygen atoms in total. The van der Waals surface area contributed by atoms with Gasteiger partial charge in [0.2, 0.25) is 5.91 Å². The van der Waals surface area contributed by atoms with Crippen molar-refractivity contribution in [3.8, 4) is 0 Å². The monoisotopic (exact) mass is 307 g/mol. The van der Waals surface area contributed by atoms with E-state index in [0.29, 0.717) is 38.3 Å². The van der Waals surface area contributed by atoms with Crippen LogP contribution in [0.15, 0.2) is 18.2 Å². The number of methoxy groups -OCH3 is 1. The third-order valence-corrected chi connectivity index (χ3v) is 3.84. The highest BCUT2D eigenvalue weighted by Crippen LogP contribution is 2.20. The van der Waals surface area contributed by atoms with Gasteiger partial charge in [0.15, 0.2) is 0 Å². The van der Waals surface area contributed by atoms with Crippen molar-refractivity contribution in [3.05, 3.63) is 39.4 Å². The van der Waals surface area contributed by atoms with E-state index in [4.69, 9.17) is 4.74 Å². The molecule has 1 amide bonds. The van der Waals surface area contributed by atoms with Gasteiger partial charge in [-0.1, -0.05) is 12.1 Å². The highest BCUT2D eigenvalue weighted by molar-refractivity contribution is 5.79. The highest BCUT2D eigenvalue weighted by atomic mass is 16.6. The van der Waals surface area contributed by atoms with Crippen LogP contribution in [-0.2, 0) is 16.1 Å². The fraction of sp³-hybridized carbons (Fsp3) is 0.533. The van der Waals surface area contributed by atoms with Crippen molar-refractivity contribution in [2.75, 3.05) is 39.9 Å².